The van der Waals surface area contributed by atoms with Crippen molar-refractivity contribution in [3.8, 4) is 0 Å². The van der Waals surface area contributed by atoms with Gasteiger partial charge in [0.15, 0.2) is 5.78 Å². The minimum absolute atomic E-state index is 0.0311. The van der Waals surface area contributed by atoms with E-state index >= 15 is 0 Å². The van der Waals surface area contributed by atoms with E-state index in [-0.39, 0.29) is 22.7 Å². The average Bonchev–Trinajstić information content (AvgIpc) is 3.22. The molecule has 0 amide bonds. The van der Waals surface area contributed by atoms with E-state index in [0.717, 1.165) is 50.7 Å². The van der Waals surface area contributed by atoms with Crippen molar-refractivity contribution in [1.29, 1.82) is 0 Å². The number of allylic oxidation sites excluding steroid dienone is 3. The fourth-order valence-corrected chi connectivity index (χ4v) is 7.68. The van der Waals surface area contributed by atoms with Crippen LogP contribution >= 0.6 is 0 Å². The third-order valence-electron chi connectivity index (χ3n) is 9.61. The van der Waals surface area contributed by atoms with Crippen LogP contribution in [-0.4, -0.2) is 22.6 Å². The van der Waals surface area contributed by atoms with Gasteiger partial charge < -0.3 is 9.84 Å². The zero-order chi connectivity index (χ0) is 19.7. The van der Waals surface area contributed by atoms with Crippen molar-refractivity contribution in [1.82, 2.24) is 0 Å². The molecule has 3 saturated carbocycles. The zero-order valence-corrected chi connectivity index (χ0v) is 17.5. The standard InChI is InChI=1S/C25H34O3/c1-23-12-10-21-19(20(23)11-13-24(23,2)27)9-8-16-14-17(26)15-22(25(16,21)3)28-18-6-4-5-7-18/h4,6-7,14,19-22,27H,5,8-13,15H2,1-3H3/t19-,20-,21-,22?,23-,24+,25-/m0/s1. The van der Waals surface area contributed by atoms with Gasteiger partial charge in [0.2, 0.25) is 0 Å². The predicted molar refractivity (Wildman–Crippen MR) is 109 cm³/mol. The van der Waals surface area contributed by atoms with Gasteiger partial charge in [0, 0.05) is 11.8 Å². The van der Waals surface area contributed by atoms with Crippen molar-refractivity contribution in [2.45, 2.75) is 83.8 Å². The van der Waals surface area contributed by atoms with Gasteiger partial charge in [-0.1, -0.05) is 25.5 Å². The molecule has 1 unspecified atom stereocenters. The van der Waals surface area contributed by atoms with Gasteiger partial charge in [-0.3, -0.25) is 4.79 Å². The first-order valence-corrected chi connectivity index (χ1v) is 11.3. The summed E-state index contributed by atoms with van der Waals surface area (Å²) in [6, 6.07) is 0. The molecule has 0 aromatic carbocycles. The summed E-state index contributed by atoms with van der Waals surface area (Å²) in [6.07, 6.45) is 16.0. The fourth-order valence-electron chi connectivity index (χ4n) is 7.68. The van der Waals surface area contributed by atoms with Crippen molar-refractivity contribution < 1.29 is 14.6 Å². The van der Waals surface area contributed by atoms with Crippen LogP contribution in [0.4, 0.5) is 0 Å². The zero-order valence-electron chi connectivity index (χ0n) is 17.5. The lowest BCUT2D eigenvalue weighted by Crippen LogP contribution is -2.57. The van der Waals surface area contributed by atoms with E-state index in [2.05, 4.69) is 39.0 Å². The first-order chi connectivity index (χ1) is 13.3. The predicted octanol–water partition coefficient (Wildman–Crippen LogP) is 5.11. The van der Waals surface area contributed by atoms with E-state index in [1.165, 1.54) is 5.57 Å². The smallest absolute Gasteiger partial charge is 0.159 e. The lowest BCUT2D eigenvalue weighted by Gasteiger charge is -2.60. The van der Waals surface area contributed by atoms with E-state index < -0.39 is 5.60 Å². The Morgan fingerprint density at radius 3 is 2.64 bits per heavy atom. The molecular weight excluding hydrogens is 348 g/mol. The Bertz CT molecular complexity index is 788. The van der Waals surface area contributed by atoms with Crippen molar-refractivity contribution in [3.05, 3.63) is 35.6 Å². The topological polar surface area (TPSA) is 46.5 Å². The molecule has 5 aliphatic carbocycles. The van der Waals surface area contributed by atoms with E-state index in [9.17, 15) is 9.90 Å². The number of hydrogen-bond acceptors (Lipinski definition) is 3. The number of rotatable bonds is 2. The molecule has 152 valence electrons. The third-order valence-corrected chi connectivity index (χ3v) is 9.61. The minimum Gasteiger partial charge on any atom is -0.489 e. The lowest BCUT2D eigenvalue weighted by molar-refractivity contribution is -0.142. The molecule has 1 N–H and O–H groups in total. The molecule has 28 heavy (non-hydrogen) atoms. The van der Waals surface area contributed by atoms with Crippen LogP contribution in [0.1, 0.15) is 72.1 Å². The number of hydrogen-bond donors (Lipinski definition) is 1. The summed E-state index contributed by atoms with van der Waals surface area (Å²) in [5.74, 6) is 2.92. The van der Waals surface area contributed by atoms with Crippen LogP contribution in [0.2, 0.25) is 0 Å². The second-order valence-corrected chi connectivity index (χ2v) is 10.7. The van der Waals surface area contributed by atoms with Crippen LogP contribution in [0.5, 0.6) is 0 Å². The molecule has 0 aliphatic heterocycles. The molecule has 0 heterocycles. The number of ketones is 1. The van der Waals surface area contributed by atoms with Crippen LogP contribution in [-0.2, 0) is 9.53 Å². The Kier molecular flexibility index (Phi) is 4.05. The Labute approximate surface area is 168 Å². The molecule has 7 atom stereocenters. The van der Waals surface area contributed by atoms with Crippen molar-refractivity contribution in [2.75, 3.05) is 0 Å². The number of carbonyl (C=O) groups is 1. The Morgan fingerprint density at radius 2 is 1.89 bits per heavy atom. The molecule has 3 fully saturated rings. The summed E-state index contributed by atoms with van der Waals surface area (Å²) in [5.41, 5.74) is 0.746. The van der Waals surface area contributed by atoms with Gasteiger partial charge in [0.25, 0.3) is 0 Å². The summed E-state index contributed by atoms with van der Waals surface area (Å²) in [6.45, 7) is 6.77. The Hall–Kier alpha value is -1.35. The maximum atomic E-state index is 12.5. The average molecular weight is 383 g/mol. The van der Waals surface area contributed by atoms with Crippen LogP contribution in [0.25, 0.3) is 0 Å². The maximum absolute atomic E-state index is 12.5. The van der Waals surface area contributed by atoms with Crippen LogP contribution in [0.3, 0.4) is 0 Å². The second kappa shape index (κ2) is 6.08. The van der Waals surface area contributed by atoms with Crippen LogP contribution < -0.4 is 0 Å². The highest BCUT2D eigenvalue weighted by Gasteiger charge is 2.64. The largest absolute Gasteiger partial charge is 0.489 e. The van der Waals surface area contributed by atoms with Crippen molar-refractivity contribution in [2.24, 2.45) is 28.6 Å². The van der Waals surface area contributed by atoms with Gasteiger partial charge in [-0.25, -0.2) is 0 Å². The molecule has 0 saturated heterocycles. The monoisotopic (exact) mass is 382 g/mol. The van der Waals surface area contributed by atoms with Gasteiger partial charge in [0.1, 0.15) is 11.9 Å². The summed E-state index contributed by atoms with van der Waals surface area (Å²) < 4.78 is 6.48. The highest BCUT2D eigenvalue weighted by molar-refractivity contribution is 5.92. The summed E-state index contributed by atoms with van der Waals surface area (Å²) in [5, 5.41) is 11.1. The van der Waals surface area contributed by atoms with E-state index in [4.69, 9.17) is 4.74 Å². The van der Waals surface area contributed by atoms with Crippen LogP contribution in [0.15, 0.2) is 35.6 Å². The van der Waals surface area contributed by atoms with Gasteiger partial charge in [-0.05, 0) is 93.3 Å². The summed E-state index contributed by atoms with van der Waals surface area (Å²) in [4.78, 5) is 12.5. The molecule has 5 aliphatic rings. The van der Waals surface area contributed by atoms with E-state index in [0.29, 0.717) is 24.2 Å². The molecule has 3 nitrogen and oxygen atoms in total. The Morgan fingerprint density at radius 1 is 1.11 bits per heavy atom. The molecule has 3 heteroatoms. The molecule has 0 bridgehead atoms. The lowest BCUT2D eigenvalue weighted by atomic mass is 9.46. The molecule has 0 radical (unpaired) electrons. The number of ether oxygens (including phenoxy) is 1. The SMILES string of the molecule is C[C@]12CC[C@H]3[C@@H](CCC4=CC(=O)CC(OC5=CCC=C5)[C@@]43C)[C@@H]1CC[C@@]2(C)O. The maximum Gasteiger partial charge on any atom is 0.159 e. The molecular formula is C25H34O3. The number of carbonyl (C=O) groups excluding carboxylic acids is 1. The Balaban J connectivity index is 1.51. The minimum atomic E-state index is -0.544. The number of aliphatic hydroxyl groups is 1. The molecule has 0 spiro atoms. The summed E-state index contributed by atoms with van der Waals surface area (Å²) in [7, 11) is 0. The fraction of sp³-hybridized carbons (Fsp3) is 0.720. The van der Waals surface area contributed by atoms with Crippen molar-refractivity contribution >= 4 is 5.78 Å². The molecule has 0 aromatic rings. The normalized spacial score (nSPS) is 49.8. The van der Waals surface area contributed by atoms with Crippen LogP contribution in [0, 0.1) is 28.6 Å². The second-order valence-electron chi connectivity index (χ2n) is 10.7. The quantitative estimate of drug-likeness (QED) is 0.722. The summed E-state index contributed by atoms with van der Waals surface area (Å²) >= 11 is 0. The highest BCUT2D eigenvalue weighted by atomic mass is 16.5. The molecule has 0 aromatic heterocycles. The highest BCUT2D eigenvalue weighted by Crippen LogP contribution is 2.67. The van der Waals surface area contributed by atoms with Crippen molar-refractivity contribution in [3.63, 3.8) is 0 Å². The molecule has 5 rings (SSSR count). The van der Waals surface area contributed by atoms with E-state index in [1.54, 1.807) is 0 Å². The van der Waals surface area contributed by atoms with Gasteiger partial charge in [-0.2, -0.15) is 0 Å². The first kappa shape index (κ1) is 18.7. The van der Waals surface area contributed by atoms with E-state index in [1.807, 2.05) is 6.08 Å². The van der Waals surface area contributed by atoms with Gasteiger partial charge >= 0.3 is 0 Å². The third kappa shape index (κ3) is 2.41. The number of fused-ring (bicyclic) bond motifs is 5. The van der Waals surface area contributed by atoms with Gasteiger partial charge in [-0.15, -0.1) is 0 Å². The first-order valence-electron chi connectivity index (χ1n) is 11.3. The van der Waals surface area contributed by atoms with Gasteiger partial charge in [0.05, 0.1) is 5.60 Å².